The maximum absolute atomic E-state index is 14.8. The molecule has 2 bridgehead atoms. The van der Waals surface area contributed by atoms with Crippen LogP contribution in [-0.2, 0) is 23.6 Å². The zero-order valence-electron chi connectivity index (χ0n) is 36.5. The number of nitrogens with zero attached hydrogens (tertiary/aromatic N) is 5. The summed E-state index contributed by atoms with van der Waals surface area (Å²) < 4.78 is 31.7. The van der Waals surface area contributed by atoms with E-state index in [0.717, 1.165) is 12.8 Å². The van der Waals surface area contributed by atoms with Crippen molar-refractivity contribution in [3.05, 3.63) is 30.6 Å². The minimum absolute atomic E-state index is 0.0484. The zero-order chi connectivity index (χ0) is 42.8. The first-order chi connectivity index (χ1) is 27.7. The predicted octanol–water partition coefficient (Wildman–Crippen LogP) is 5.32. The van der Waals surface area contributed by atoms with E-state index in [1.165, 1.54) is 0 Å². The molecular weight excluding hydrogens is 755 g/mol. The molecule has 1 unspecified atom stereocenters. The molecule has 16 nitrogen and oxygen atoms in total. The van der Waals surface area contributed by atoms with Crippen molar-refractivity contribution < 1.29 is 37.9 Å². The summed E-state index contributed by atoms with van der Waals surface area (Å²) in [4.78, 5) is 53.9. The summed E-state index contributed by atoms with van der Waals surface area (Å²) in [6.07, 6.45) is 5.44. The Balaban J connectivity index is 1.20. The summed E-state index contributed by atoms with van der Waals surface area (Å²) in [5, 5.41) is 14.6. The summed E-state index contributed by atoms with van der Waals surface area (Å²) in [5.74, 6) is 1.48. The van der Waals surface area contributed by atoms with Gasteiger partial charge in [-0.15, -0.1) is 0 Å². The molecule has 3 aliphatic carbocycles. The van der Waals surface area contributed by atoms with Crippen molar-refractivity contribution in [1.82, 2.24) is 35.3 Å². The molecule has 17 heteroatoms. The number of carbonyl (C=O) groups is 3. The molecule has 5 aliphatic rings. The molecule has 2 saturated heterocycles. The highest BCUT2D eigenvalue weighted by molar-refractivity contribution is 6.47. The summed E-state index contributed by atoms with van der Waals surface area (Å²) in [5.41, 5.74) is -1.23. The Kier molecular flexibility index (Phi) is 11.1. The Morgan fingerprint density at radius 1 is 1.00 bits per heavy atom. The van der Waals surface area contributed by atoms with Gasteiger partial charge in [-0.3, -0.25) is 9.59 Å². The van der Waals surface area contributed by atoms with Gasteiger partial charge in [-0.2, -0.15) is 10.1 Å². The van der Waals surface area contributed by atoms with Crippen LogP contribution in [0.5, 0.6) is 11.5 Å². The highest BCUT2D eigenvalue weighted by Crippen LogP contribution is 2.65. The lowest BCUT2D eigenvalue weighted by atomic mass is 9.43. The molecule has 8 atom stereocenters. The number of hydrogen-bond donors (Lipinski definition) is 3. The number of rotatable bonds is 11. The first-order valence-corrected chi connectivity index (χ1v) is 20.8. The minimum Gasteiger partial charge on any atom is -0.493 e. The molecule has 0 spiro atoms. The first kappa shape index (κ1) is 42.5. The van der Waals surface area contributed by atoms with Gasteiger partial charge in [-0.25, -0.2) is 14.5 Å². The third-order valence-corrected chi connectivity index (χ3v) is 13.0. The molecule has 3 N–H and O–H groups in total. The largest absolute Gasteiger partial charge is 0.493 e. The van der Waals surface area contributed by atoms with E-state index in [0.29, 0.717) is 52.4 Å². The van der Waals surface area contributed by atoms with Crippen LogP contribution in [0.3, 0.4) is 0 Å². The molecule has 8 rings (SSSR count). The van der Waals surface area contributed by atoms with Crippen LogP contribution in [-0.4, -0.2) is 112 Å². The van der Waals surface area contributed by atoms with Gasteiger partial charge in [0.1, 0.15) is 23.5 Å². The molecule has 3 saturated carbocycles. The number of hydrogen-bond acceptors (Lipinski definition) is 12. The molecule has 4 heterocycles. The van der Waals surface area contributed by atoms with Gasteiger partial charge < -0.3 is 44.4 Å². The van der Waals surface area contributed by atoms with E-state index in [1.54, 1.807) is 75.2 Å². The van der Waals surface area contributed by atoms with Gasteiger partial charge in [0, 0.05) is 36.4 Å². The third kappa shape index (κ3) is 8.04. The third-order valence-electron chi connectivity index (χ3n) is 13.0. The van der Waals surface area contributed by atoms with Crippen molar-refractivity contribution in [3.8, 4) is 17.4 Å². The van der Waals surface area contributed by atoms with E-state index in [2.05, 4.69) is 41.8 Å². The van der Waals surface area contributed by atoms with Crippen LogP contribution in [0.15, 0.2) is 30.6 Å². The van der Waals surface area contributed by atoms with Crippen molar-refractivity contribution in [2.24, 2.45) is 22.7 Å². The highest BCUT2D eigenvalue weighted by atomic mass is 16.7. The average Bonchev–Trinajstić information content (AvgIpc) is 3.93. The number of fused-ring (bicyclic) bond motifs is 1. The maximum atomic E-state index is 14.8. The second-order valence-corrected chi connectivity index (χ2v) is 19.4. The number of ether oxygens (including phenoxy) is 3. The number of anilines is 1. The number of alkyl carbamates (subject to hydrolysis) is 1. The molecule has 2 aromatic heterocycles. The topological polar surface area (TPSA) is 180 Å². The highest BCUT2D eigenvalue weighted by Gasteiger charge is 2.68. The molecular formula is C42H61BN8O8. The quantitative estimate of drug-likeness (QED) is 0.213. The number of likely N-dealkylation sites (tertiary alicyclic amines) is 1. The Bertz CT molecular complexity index is 2070. The SMILES string of the molecule is CC[C@H](NC(=O)[C@@H]1C[C@@H](Nc2nc(-n3cccn3)nc3cc(OC)c(OC)cc23)CN1C(=O)[C@@H](NC(=O)OC(C)(C)C)C(C)(C)C)B1OC2C[C@H]3C[C@H](C3(C)C)[C@]2(C)O1. The Morgan fingerprint density at radius 3 is 2.32 bits per heavy atom. The summed E-state index contributed by atoms with van der Waals surface area (Å²) in [6, 6.07) is 2.95. The van der Waals surface area contributed by atoms with E-state index in [9.17, 15) is 14.4 Å². The van der Waals surface area contributed by atoms with E-state index in [1.807, 2.05) is 27.7 Å². The lowest BCUT2D eigenvalue weighted by molar-refractivity contribution is -0.199. The summed E-state index contributed by atoms with van der Waals surface area (Å²) in [6.45, 7) is 19.8. The van der Waals surface area contributed by atoms with Gasteiger partial charge in [0.25, 0.3) is 5.95 Å². The van der Waals surface area contributed by atoms with Crippen molar-refractivity contribution in [2.45, 2.75) is 136 Å². The number of amides is 3. The first-order valence-electron chi connectivity index (χ1n) is 20.8. The maximum Gasteiger partial charge on any atom is 0.481 e. The minimum atomic E-state index is -1.02. The molecule has 5 fully saturated rings. The van der Waals surface area contributed by atoms with Gasteiger partial charge in [0.05, 0.1) is 37.4 Å². The lowest BCUT2D eigenvalue weighted by Crippen LogP contribution is -2.65. The van der Waals surface area contributed by atoms with Crippen LogP contribution in [0.4, 0.5) is 10.6 Å². The fraction of sp³-hybridized carbons (Fsp3) is 0.667. The van der Waals surface area contributed by atoms with Crippen molar-refractivity contribution >= 4 is 41.7 Å². The van der Waals surface area contributed by atoms with Gasteiger partial charge in [-0.1, -0.05) is 41.5 Å². The van der Waals surface area contributed by atoms with Crippen LogP contribution in [0.1, 0.15) is 94.9 Å². The average molecular weight is 817 g/mol. The van der Waals surface area contributed by atoms with Crippen molar-refractivity contribution in [2.75, 3.05) is 26.1 Å². The van der Waals surface area contributed by atoms with Gasteiger partial charge in [0.15, 0.2) is 11.5 Å². The smallest absolute Gasteiger partial charge is 0.481 e. The number of benzene rings is 1. The second-order valence-electron chi connectivity index (χ2n) is 19.4. The van der Waals surface area contributed by atoms with E-state index in [4.69, 9.17) is 33.5 Å². The molecule has 0 radical (unpaired) electrons. The Hall–Kier alpha value is -4.64. The van der Waals surface area contributed by atoms with E-state index < -0.39 is 59.8 Å². The van der Waals surface area contributed by atoms with Crippen LogP contribution >= 0.6 is 0 Å². The standard InChI is InChI=1S/C42H61BN8O8/c1-13-32(43-58-31-18-23-17-30(41(23,8)9)42(31,10)59-43)47-35(52)27-19-24(22-50(27)36(53)33(39(2,3)4)48-38(54)57-40(5,6)7)45-34-25-20-28(55-11)29(56-12)21-26(25)46-37(49-34)51-16-14-15-44-51/h14-16,20-21,23-24,27,30-33H,13,17-19,22H2,1-12H3,(H,47,52)(H,48,54)(H,45,46,49)/t23-,24-,27+,30-,31?,32+,33-,42+/m1/s1. The summed E-state index contributed by atoms with van der Waals surface area (Å²) >= 11 is 0. The number of nitrogens with one attached hydrogen (secondary N) is 3. The van der Waals surface area contributed by atoms with Crippen LogP contribution in [0.2, 0.25) is 0 Å². The molecule has 320 valence electrons. The molecule has 1 aromatic carbocycles. The number of carbonyl (C=O) groups excluding carboxylic acids is 3. The number of aromatic nitrogens is 4. The molecule has 2 aliphatic heterocycles. The molecule has 3 aromatic rings. The number of methoxy groups -OCH3 is 2. The Labute approximate surface area is 347 Å². The van der Waals surface area contributed by atoms with Crippen molar-refractivity contribution in [1.29, 1.82) is 0 Å². The fourth-order valence-corrected chi connectivity index (χ4v) is 9.62. The monoisotopic (exact) mass is 816 g/mol. The van der Waals surface area contributed by atoms with Gasteiger partial charge in [-0.05, 0) is 88.2 Å². The summed E-state index contributed by atoms with van der Waals surface area (Å²) in [7, 11) is 2.48. The Morgan fingerprint density at radius 2 is 1.71 bits per heavy atom. The van der Waals surface area contributed by atoms with E-state index in [-0.39, 0.29) is 30.4 Å². The molecule has 3 amide bonds. The van der Waals surface area contributed by atoms with E-state index >= 15 is 0 Å². The van der Waals surface area contributed by atoms with Crippen LogP contribution < -0.4 is 25.4 Å². The predicted molar refractivity (Wildman–Crippen MR) is 222 cm³/mol. The second kappa shape index (κ2) is 15.4. The lowest BCUT2D eigenvalue weighted by Gasteiger charge is -2.64. The van der Waals surface area contributed by atoms with Crippen LogP contribution in [0.25, 0.3) is 16.9 Å². The van der Waals surface area contributed by atoms with Gasteiger partial charge >= 0.3 is 13.2 Å². The normalized spacial score (nSPS) is 27.0. The molecule has 59 heavy (non-hydrogen) atoms. The van der Waals surface area contributed by atoms with Crippen molar-refractivity contribution in [3.63, 3.8) is 0 Å². The zero-order valence-corrected chi connectivity index (χ0v) is 36.5. The fourth-order valence-electron chi connectivity index (χ4n) is 9.62. The van der Waals surface area contributed by atoms with Crippen LogP contribution in [0, 0.1) is 22.7 Å². The van der Waals surface area contributed by atoms with Gasteiger partial charge in [0.2, 0.25) is 11.8 Å².